The standard InChI is InChI=1S/C18H16ClN3O2/c1-12-5-6-20-17(9-12)21-18(23)13-10-14(19)15(11-16(13)24-2)22-7-3-4-8-22/h3-11H,1-2H3,(H,20,21,23). The third-order valence-corrected chi connectivity index (χ3v) is 3.86. The average molecular weight is 342 g/mol. The van der Waals surface area contributed by atoms with Crippen LogP contribution in [0.2, 0.25) is 5.02 Å². The number of methoxy groups -OCH3 is 1. The lowest BCUT2D eigenvalue weighted by molar-refractivity contribution is 0.102. The number of aryl methyl sites for hydroxylation is 1. The van der Waals surface area contributed by atoms with Crippen molar-refractivity contribution < 1.29 is 9.53 Å². The Labute approximate surface area is 144 Å². The Balaban J connectivity index is 1.95. The first-order valence-electron chi connectivity index (χ1n) is 7.33. The van der Waals surface area contributed by atoms with E-state index in [9.17, 15) is 4.79 Å². The number of carbonyl (C=O) groups is 1. The van der Waals surface area contributed by atoms with Crippen LogP contribution in [0.1, 0.15) is 15.9 Å². The summed E-state index contributed by atoms with van der Waals surface area (Å²) in [6, 6.07) is 10.8. The van der Waals surface area contributed by atoms with Gasteiger partial charge in [-0.2, -0.15) is 0 Å². The highest BCUT2D eigenvalue weighted by Gasteiger charge is 2.17. The Kier molecular flexibility index (Phi) is 4.53. The van der Waals surface area contributed by atoms with Gasteiger partial charge in [-0.15, -0.1) is 0 Å². The molecule has 0 aliphatic heterocycles. The summed E-state index contributed by atoms with van der Waals surface area (Å²) >= 11 is 6.35. The second-order valence-corrected chi connectivity index (χ2v) is 5.67. The number of hydrogen-bond acceptors (Lipinski definition) is 3. The lowest BCUT2D eigenvalue weighted by Gasteiger charge is -2.13. The molecule has 0 radical (unpaired) electrons. The van der Waals surface area contributed by atoms with Crippen LogP contribution in [0, 0.1) is 6.92 Å². The number of ether oxygens (including phenoxy) is 1. The van der Waals surface area contributed by atoms with Gasteiger partial charge in [0.25, 0.3) is 5.91 Å². The molecule has 0 saturated heterocycles. The topological polar surface area (TPSA) is 56.1 Å². The second kappa shape index (κ2) is 6.76. The minimum Gasteiger partial charge on any atom is -0.496 e. The lowest BCUT2D eigenvalue weighted by Crippen LogP contribution is -2.14. The van der Waals surface area contributed by atoms with Gasteiger partial charge in [-0.1, -0.05) is 11.6 Å². The Bertz CT molecular complexity index is 876. The van der Waals surface area contributed by atoms with Crippen LogP contribution in [-0.4, -0.2) is 22.6 Å². The Morgan fingerprint density at radius 1 is 1.25 bits per heavy atom. The summed E-state index contributed by atoms with van der Waals surface area (Å²) in [4.78, 5) is 16.7. The number of halogens is 1. The van der Waals surface area contributed by atoms with E-state index < -0.39 is 0 Å². The van der Waals surface area contributed by atoms with Crippen molar-refractivity contribution in [2.75, 3.05) is 12.4 Å². The van der Waals surface area contributed by atoms with Crippen LogP contribution in [0.15, 0.2) is 55.0 Å². The first kappa shape index (κ1) is 16.1. The summed E-state index contributed by atoms with van der Waals surface area (Å²) in [5, 5.41) is 3.21. The molecule has 0 saturated carbocycles. The second-order valence-electron chi connectivity index (χ2n) is 5.27. The Morgan fingerprint density at radius 2 is 2.00 bits per heavy atom. The van der Waals surface area contributed by atoms with Crippen LogP contribution in [0.25, 0.3) is 5.69 Å². The number of pyridine rings is 1. The maximum absolute atomic E-state index is 12.6. The van der Waals surface area contributed by atoms with Crippen LogP contribution in [0.3, 0.4) is 0 Å². The maximum Gasteiger partial charge on any atom is 0.260 e. The molecule has 0 fully saturated rings. The van der Waals surface area contributed by atoms with Gasteiger partial charge in [0.2, 0.25) is 0 Å². The number of rotatable bonds is 4. The van der Waals surface area contributed by atoms with Gasteiger partial charge >= 0.3 is 0 Å². The summed E-state index contributed by atoms with van der Waals surface area (Å²) in [5.74, 6) is 0.590. The molecule has 0 aliphatic carbocycles. The van der Waals surface area contributed by atoms with Crippen molar-refractivity contribution in [3.05, 3.63) is 71.1 Å². The number of nitrogens with one attached hydrogen (secondary N) is 1. The molecule has 3 rings (SSSR count). The molecular formula is C18H16ClN3O2. The third-order valence-electron chi connectivity index (χ3n) is 3.55. The van der Waals surface area contributed by atoms with Crippen molar-refractivity contribution in [1.29, 1.82) is 0 Å². The maximum atomic E-state index is 12.6. The zero-order valence-corrected chi connectivity index (χ0v) is 14.0. The van der Waals surface area contributed by atoms with E-state index in [0.29, 0.717) is 22.2 Å². The summed E-state index contributed by atoms with van der Waals surface area (Å²) in [6.45, 7) is 1.93. The molecule has 1 aromatic carbocycles. The number of amides is 1. The van der Waals surface area contributed by atoms with E-state index in [4.69, 9.17) is 16.3 Å². The van der Waals surface area contributed by atoms with E-state index in [1.54, 1.807) is 24.4 Å². The van der Waals surface area contributed by atoms with Crippen molar-refractivity contribution in [3.8, 4) is 11.4 Å². The van der Waals surface area contributed by atoms with E-state index in [1.165, 1.54) is 7.11 Å². The molecule has 0 aliphatic rings. The smallest absolute Gasteiger partial charge is 0.260 e. The molecule has 2 aromatic heterocycles. The summed E-state index contributed by atoms with van der Waals surface area (Å²) in [5.41, 5.74) is 2.10. The number of aromatic nitrogens is 2. The van der Waals surface area contributed by atoms with E-state index >= 15 is 0 Å². The molecule has 3 aromatic rings. The van der Waals surface area contributed by atoms with Gasteiger partial charge in [-0.05, 0) is 42.8 Å². The Morgan fingerprint density at radius 3 is 2.67 bits per heavy atom. The van der Waals surface area contributed by atoms with Gasteiger partial charge in [-0.25, -0.2) is 4.98 Å². The average Bonchev–Trinajstić information content (AvgIpc) is 3.08. The van der Waals surface area contributed by atoms with Gasteiger partial charge in [-0.3, -0.25) is 4.79 Å². The number of anilines is 1. The minimum absolute atomic E-state index is 0.328. The fraction of sp³-hybridized carbons (Fsp3) is 0.111. The predicted octanol–water partition coefficient (Wildman–Crippen LogP) is 4.10. The minimum atomic E-state index is -0.328. The zero-order valence-electron chi connectivity index (χ0n) is 13.3. The zero-order chi connectivity index (χ0) is 17.1. The van der Waals surface area contributed by atoms with Crippen molar-refractivity contribution in [2.24, 2.45) is 0 Å². The van der Waals surface area contributed by atoms with Gasteiger partial charge in [0.1, 0.15) is 11.6 Å². The third kappa shape index (κ3) is 3.26. The van der Waals surface area contributed by atoms with Crippen LogP contribution >= 0.6 is 11.6 Å². The van der Waals surface area contributed by atoms with E-state index in [2.05, 4.69) is 10.3 Å². The van der Waals surface area contributed by atoms with Crippen LogP contribution in [-0.2, 0) is 0 Å². The highest BCUT2D eigenvalue weighted by atomic mass is 35.5. The van der Waals surface area contributed by atoms with Crippen molar-refractivity contribution in [2.45, 2.75) is 6.92 Å². The highest BCUT2D eigenvalue weighted by Crippen LogP contribution is 2.30. The molecule has 1 N–H and O–H groups in total. The molecule has 2 heterocycles. The molecule has 24 heavy (non-hydrogen) atoms. The summed E-state index contributed by atoms with van der Waals surface area (Å²) in [6.07, 6.45) is 5.39. The SMILES string of the molecule is COc1cc(-n2cccc2)c(Cl)cc1C(=O)Nc1cc(C)ccn1. The summed E-state index contributed by atoms with van der Waals surface area (Å²) < 4.78 is 7.22. The number of carbonyl (C=O) groups excluding carboxylic acids is 1. The number of nitrogens with zero attached hydrogens (tertiary/aromatic N) is 2. The van der Waals surface area contributed by atoms with Crippen LogP contribution in [0.4, 0.5) is 5.82 Å². The van der Waals surface area contributed by atoms with Crippen LogP contribution < -0.4 is 10.1 Å². The molecule has 6 heteroatoms. The van der Waals surface area contributed by atoms with Crippen molar-refractivity contribution in [3.63, 3.8) is 0 Å². The van der Waals surface area contributed by atoms with Gasteiger partial charge in [0.05, 0.1) is 23.4 Å². The predicted molar refractivity (Wildman–Crippen MR) is 94.3 cm³/mol. The van der Waals surface area contributed by atoms with Crippen LogP contribution in [0.5, 0.6) is 5.75 Å². The lowest BCUT2D eigenvalue weighted by atomic mass is 10.1. The highest BCUT2D eigenvalue weighted by molar-refractivity contribution is 6.33. The van der Waals surface area contributed by atoms with Gasteiger partial charge < -0.3 is 14.6 Å². The summed E-state index contributed by atoms with van der Waals surface area (Å²) in [7, 11) is 1.52. The normalized spacial score (nSPS) is 10.5. The molecular weight excluding hydrogens is 326 g/mol. The van der Waals surface area contributed by atoms with Gasteiger partial charge in [0, 0.05) is 24.7 Å². The molecule has 0 bridgehead atoms. The molecule has 0 atom stereocenters. The number of hydrogen-bond donors (Lipinski definition) is 1. The molecule has 5 nitrogen and oxygen atoms in total. The largest absolute Gasteiger partial charge is 0.496 e. The number of benzene rings is 1. The van der Waals surface area contributed by atoms with E-state index in [-0.39, 0.29) is 5.91 Å². The van der Waals surface area contributed by atoms with Crippen molar-refractivity contribution in [1.82, 2.24) is 9.55 Å². The molecule has 1 amide bonds. The van der Waals surface area contributed by atoms with E-state index in [0.717, 1.165) is 11.3 Å². The van der Waals surface area contributed by atoms with Crippen molar-refractivity contribution >= 4 is 23.3 Å². The first-order valence-corrected chi connectivity index (χ1v) is 7.71. The first-order chi connectivity index (χ1) is 11.6. The monoisotopic (exact) mass is 341 g/mol. The molecule has 122 valence electrons. The van der Waals surface area contributed by atoms with E-state index in [1.807, 2.05) is 42.1 Å². The fourth-order valence-electron chi connectivity index (χ4n) is 2.37. The molecule has 0 spiro atoms. The van der Waals surface area contributed by atoms with Gasteiger partial charge in [0.15, 0.2) is 0 Å². The quantitative estimate of drug-likeness (QED) is 0.777. The molecule has 0 unspecified atom stereocenters. The Hall–Kier alpha value is -2.79. The fourth-order valence-corrected chi connectivity index (χ4v) is 2.63.